The third kappa shape index (κ3) is 42.8. The van der Waals surface area contributed by atoms with Gasteiger partial charge in [0.05, 0.1) is 6.01 Å². The van der Waals surface area contributed by atoms with Crippen LogP contribution in [-0.4, -0.2) is 33.3 Å². The van der Waals surface area contributed by atoms with Crippen LogP contribution in [0.2, 0.25) is 0 Å². The molecule has 4 heavy (non-hydrogen) atoms. The van der Waals surface area contributed by atoms with E-state index in [1.165, 1.54) is 6.01 Å². The van der Waals surface area contributed by atoms with Gasteiger partial charge in [-0.25, -0.2) is 10.8 Å². The van der Waals surface area contributed by atoms with E-state index in [9.17, 15) is 0 Å². The molecule has 0 aliphatic carbocycles. The summed E-state index contributed by atoms with van der Waals surface area (Å²) in [7, 11) is 0. The van der Waals surface area contributed by atoms with Gasteiger partial charge in [-0.05, 0) is 0 Å². The SMILES string of the molecule is N=C=N.[PbH4]. The van der Waals surface area contributed by atoms with Crippen LogP contribution in [0.5, 0.6) is 0 Å². The summed E-state index contributed by atoms with van der Waals surface area (Å²) in [4.78, 5) is 0. The molecule has 0 radical (unpaired) electrons. The van der Waals surface area contributed by atoms with Crippen molar-refractivity contribution in [1.82, 2.24) is 0 Å². The van der Waals surface area contributed by atoms with Crippen LogP contribution < -0.4 is 0 Å². The van der Waals surface area contributed by atoms with Gasteiger partial charge in [-0.15, -0.1) is 0 Å². The maximum atomic E-state index is 5.62. The molecule has 0 heterocycles. The van der Waals surface area contributed by atoms with E-state index in [1.54, 1.807) is 0 Å². The third-order valence-corrected chi connectivity index (χ3v) is 0. The number of rotatable bonds is 0. The minimum absolute atomic E-state index is 0. The van der Waals surface area contributed by atoms with Gasteiger partial charge in [-0.1, -0.05) is 0 Å². The Morgan fingerprint density at radius 1 is 1.25 bits per heavy atom. The Kier molecular flexibility index (Phi) is 22.8. The van der Waals surface area contributed by atoms with Gasteiger partial charge >= 0.3 is 27.3 Å². The predicted molar refractivity (Wildman–Crippen MR) is 21.8 cm³/mol. The molecule has 0 saturated heterocycles. The van der Waals surface area contributed by atoms with Gasteiger partial charge in [0, 0.05) is 0 Å². The van der Waals surface area contributed by atoms with Gasteiger partial charge in [-0.2, -0.15) is 0 Å². The van der Waals surface area contributed by atoms with Crippen LogP contribution in [0.25, 0.3) is 0 Å². The van der Waals surface area contributed by atoms with E-state index >= 15 is 0 Å². The first-order valence-corrected chi connectivity index (χ1v) is 0.500. The van der Waals surface area contributed by atoms with Gasteiger partial charge in [0.15, 0.2) is 0 Å². The fraction of sp³-hybridized carbons (Fsp3) is 0. The molecule has 0 amide bonds. The molecule has 2 N–H and O–H groups in total. The van der Waals surface area contributed by atoms with Gasteiger partial charge < -0.3 is 0 Å². The molecule has 0 rings (SSSR count). The van der Waals surface area contributed by atoms with Crippen molar-refractivity contribution in [2.45, 2.75) is 0 Å². The summed E-state index contributed by atoms with van der Waals surface area (Å²) in [6.45, 7) is 0. The standard InChI is InChI=1S/CH2N2.Pb.4H/c2-1-3;;;;;/h2-3H;;;;;. The second-order valence-corrected chi connectivity index (χ2v) is 0.125. The molecule has 0 aliphatic heterocycles. The molecule has 0 aromatic heterocycles. The summed E-state index contributed by atoms with van der Waals surface area (Å²) in [6, 6.07) is 1.25. The van der Waals surface area contributed by atoms with E-state index in [0.29, 0.717) is 0 Å². The van der Waals surface area contributed by atoms with Crippen LogP contribution in [0.1, 0.15) is 0 Å². The van der Waals surface area contributed by atoms with Gasteiger partial charge in [0.2, 0.25) is 0 Å². The quantitative estimate of drug-likeness (QED) is 0.405. The summed E-state index contributed by atoms with van der Waals surface area (Å²) in [5, 5.41) is 11.2. The van der Waals surface area contributed by atoms with Crippen molar-refractivity contribution in [3.8, 4) is 0 Å². The number of hydrogen-bond acceptors (Lipinski definition) is 2. The Hall–Kier alpha value is 0.302. The monoisotopic (exact) mass is 254 g/mol. The van der Waals surface area contributed by atoms with E-state index in [4.69, 9.17) is 10.8 Å². The molecule has 0 spiro atoms. The van der Waals surface area contributed by atoms with Crippen LogP contribution in [0.4, 0.5) is 0 Å². The average Bonchev–Trinajstić information content (AvgIpc) is 0.918. The van der Waals surface area contributed by atoms with Crippen molar-refractivity contribution in [3.05, 3.63) is 0 Å². The van der Waals surface area contributed by atoms with Crippen molar-refractivity contribution in [2.24, 2.45) is 0 Å². The van der Waals surface area contributed by atoms with E-state index in [1.807, 2.05) is 0 Å². The zero-order valence-electron chi connectivity index (χ0n) is 1.50. The first-order chi connectivity index (χ1) is 1.41. The Balaban J connectivity index is 0. The molecule has 0 fully saturated rings. The number of hydrogen-bond donors (Lipinski definition) is 2. The summed E-state index contributed by atoms with van der Waals surface area (Å²) in [5.74, 6) is 0. The van der Waals surface area contributed by atoms with Crippen molar-refractivity contribution in [3.63, 3.8) is 0 Å². The van der Waals surface area contributed by atoms with Crippen LogP contribution in [-0.2, 0) is 0 Å². The van der Waals surface area contributed by atoms with Crippen LogP contribution in [0.3, 0.4) is 0 Å². The second kappa shape index (κ2) is 10.3. The zero-order chi connectivity index (χ0) is 2.71. The van der Waals surface area contributed by atoms with E-state index in [0.717, 1.165) is 0 Å². The van der Waals surface area contributed by atoms with E-state index in [-0.39, 0.29) is 27.3 Å². The first-order valence-electron chi connectivity index (χ1n) is 0.500. The van der Waals surface area contributed by atoms with Crippen LogP contribution in [0.15, 0.2) is 0 Å². The minimum atomic E-state index is 0. The molecule has 0 unspecified atom stereocenters. The predicted octanol–water partition coefficient (Wildman–Crippen LogP) is -1.13. The van der Waals surface area contributed by atoms with Gasteiger partial charge in [-0.3, -0.25) is 0 Å². The third-order valence-electron chi connectivity index (χ3n) is 0. The molecule has 0 saturated carbocycles. The normalized spacial score (nSPS) is 2.00. The molecule has 0 atom stereocenters. The average molecular weight is 253 g/mol. The van der Waals surface area contributed by atoms with E-state index in [2.05, 4.69) is 0 Å². The maximum absolute atomic E-state index is 5.62. The van der Waals surface area contributed by atoms with Crippen molar-refractivity contribution in [2.75, 3.05) is 0 Å². The Morgan fingerprint density at radius 2 is 1.25 bits per heavy atom. The molecule has 3 heteroatoms. The Morgan fingerprint density at radius 3 is 1.25 bits per heavy atom. The van der Waals surface area contributed by atoms with Gasteiger partial charge in [0.1, 0.15) is 0 Å². The summed E-state index contributed by atoms with van der Waals surface area (Å²) < 4.78 is 0. The fourth-order valence-corrected chi connectivity index (χ4v) is 0. The van der Waals surface area contributed by atoms with E-state index < -0.39 is 0 Å². The molecule has 0 aromatic rings. The van der Waals surface area contributed by atoms with Gasteiger partial charge in [0.25, 0.3) is 0 Å². The van der Waals surface area contributed by atoms with Crippen molar-refractivity contribution >= 4 is 33.3 Å². The van der Waals surface area contributed by atoms with Crippen molar-refractivity contribution in [1.29, 1.82) is 10.8 Å². The molecule has 0 aliphatic rings. The summed E-state index contributed by atoms with van der Waals surface area (Å²) >= 11 is 0. The molecular weight excluding hydrogens is 247 g/mol. The topological polar surface area (TPSA) is 47.7 Å². The fourth-order valence-electron chi connectivity index (χ4n) is 0. The van der Waals surface area contributed by atoms with Crippen molar-refractivity contribution < 1.29 is 0 Å². The van der Waals surface area contributed by atoms with Crippen LogP contribution in [0, 0.1) is 10.8 Å². The first kappa shape index (κ1) is 8.85. The molecule has 24 valence electrons. The summed E-state index contributed by atoms with van der Waals surface area (Å²) in [5.41, 5.74) is 0. The Bertz CT molecular complexity index is 27.0. The second-order valence-electron chi connectivity index (χ2n) is 0.125. The number of nitrogens with one attached hydrogen (secondary N) is 2. The molecule has 2 nitrogen and oxygen atoms in total. The molecular formula is CH6N2Pb. The Labute approximate surface area is 44.4 Å². The zero-order valence-corrected chi connectivity index (χ0v) is 1.50. The molecule has 0 aromatic carbocycles. The van der Waals surface area contributed by atoms with Crippen LogP contribution >= 0.6 is 0 Å². The molecule has 0 bridgehead atoms. The summed E-state index contributed by atoms with van der Waals surface area (Å²) in [6.07, 6.45) is 0.